The van der Waals surface area contributed by atoms with Gasteiger partial charge in [0.15, 0.2) is 0 Å². The molecule has 0 bridgehead atoms. The summed E-state index contributed by atoms with van der Waals surface area (Å²) < 4.78 is 4.58. The highest BCUT2D eigenvalue weighted by molar-refractivity contribution is 5.85. The molecule has 0 atom stereocenters. The van der Waals surface area contributed by atoms with Gasteiger partial charge in [0.1, 0.15) is 5.82 Å². The van der Waals surface area contributed by atoms with Crippen LogP contribution >= 0.6 is 0 Å². The first kappa shape index (κ1) is 14.2. The highest BCUT2D eigenvalue weighted by Gasteiger charge is 2.37. The lowest BCUT2D eigenvalue weighted by molar-refractivity contribution is -0.149. The molecule has 0 radical (unpaired) electrons. The Morgan fingerprint density at radius 3 is 2.60 bits per heavy atom. The molecule has 7 heteroatoms. The summed E-state index contributed by atoms with van der Waals surface area (Å²) in [6.45, 7) is 2.92. The molecule has 108 valence electrons. The standard InChI is InChI=1S/C13H17N3O4/c1-13(12(18)19)4-7-16(8-5-13)9-3-6-14-10(15-9)11(17)20-2/h3,6H,4-5,7-8H2,1-2H3,(H,18,19). The van der Waals surface area contributed by atoms with Crippen LogP contribution < -0.4 is 4.90 Å². The predicted octanol–water partition coefficient (Wildman–Crippen LogP) is 0.954. The van der Waals surface area contributed by atoms with Crippen LogP contribution in [0, 0.1) is 5.41 Å². The van der Waals surface area contributed by atoms with Crippen molar-refractivity contribution in [3.63, 3.8) is 0 Å². The smallest absolute Gasteiger partial charge is 0.376 e. The van der Waals surface area contributed by atoms with Crippen LogP contribution in [0.5, 0.6) is 0 Å². The number of aliphatic carboxylic acids is 1. The van der Waals surface area contributed by atoms with Crippen LogP contribution in [0.25, 0.3) is 0 Å². The molecule has 0 amide bonds. The van der Waals surface area contributed by atoms with Crippen molar-refractivity contribution < 1.29 is 19.4 Å². The highest BCUT2D eigenvalue weighted by Crippen LogP contribution is 2.32. The number of carbonyl (C=O) groups is 2. The summed E-state index contributed by atoms with van der Waals surface area (Å²) >= 11 is 0. The minimum atomic E-state index is -0.768. The molecule has 1 aliphatic rings. The number of carboxylic acid groups (broad SMARTS) is 1. The fraction of sp³-hybridized carbons (Fsp3) is 0.538. The number of anilines is 1. The second-order valence-corrected chi connectivity index (χ2v) is 5.08. The van der Waals surface area contributed by atoms with Gasteiger partial charge in [-0.2, -0.15) is 0 Å². The Kier molecular flexibility index (Phi) is 3.87. The number of ether oxygens (including phenoxy) is 1. The quantitative estimate of drug-likeness (QED) is 0.823. The van der Waals surface area contributed by atoms with E-state index in [1.807, 2.05) is 4.90 Å². The molecule has 1 aromatic heterocycles. The summed E-state index contributed by atoms with van der Waals surface area (Å²) in [6.07, 6.45) is 2.58. The number of piperidine rings is 1. The maximum absolute atomic E-state index is 11.4. The Morgan fingerprint density at radius 2 is 2.05 bits per heavy atom. The van der Waals surface area contributed by atoms with Crippen molar-refractivity contribution >= 4 is 17.8 Å². The van der Waals surface area contributed by atoms with E-state index < -0.39 is 17.4 Å². The van der Waals surface area contributed by atoms with Gasteiger partial charge in [-0.1, -0.05) is 0 Å². The second kappa shape index (κ2) is 5.44. The van der Waals surface area contributed by atoms with Gasteiger partial charge in [0.2, 0.25) is 5.82 Å². The van der Waals surface area contributed by atoms with E-state index in [-0.39, 0.29) is 5.82 Å². The van der Waals surface area contributed by atoms with E-state index in [9.17, 15) is 14.7 Å². The minimum Gasteiger partial charge on any atom is -0.481 e. The molecule has 1 N–H and O–H groups in total. The summed E-state index contributed by atoms with van der Waals surface area (Å²) in [4.78, 5) is 32.6. The lowest BCUT2D eigenvalue weighted by Crippen LogP contribution is -2.43. The molecule has 0 aliphatic carbocycles. The van der Waals surface area contributed by atoms with Crippen molar-refractivity contribution in [1.82, 2.24) is 9.97 Å². The molecule has 0 spiro atoms. The van der Waals surface area contributed by atoms with Crippen molar-refractivity contribution in [2.24, 2.45) is 5.41 Å². The van der Waals surface area contributed by atoms with Crippen LogP contribution in [-0.4, -0.2) is 47.2 Å². The first-order valence-corrected chi connectivity index (χ1v) is 6.36. The molecule has 7 nitrogen and oxygen atoms in total. The van der Waals surface area contributed by atoms with Crippen molar-refractivity contribution in [2.75, 3.05) is 25.1 Å². The number of nitrogens with zero attached hydrogens (tertiary/aromatic N) is 3. The fourth-order valence-corrected chi connectivity index (χ4v) is 2.16. The predicted molar refractivity (Wildman–Crippen MR) is 70.6 cm³/mol. The molecular weight excluding hydrogens is 262 g/mol. The number of aromatic nitrogens is 2. The number of carboxylic acids is 1. The van der Waals surface area contributed by atoms with Gasteiger partial charge in [-0.15, -0.1) is 0 Å². The van der Waals surface area contributed by atoms with Gasteiger partial charge in [-0.25, -0.2) is 14.8 Å². The van der Waals surface area contributed by atoms with E-state index in [1.165, 1.54) is 13.3 Å². The summed E-state index contributed by atoms with van der Waals surface area (Å²) in [5.74, 6) is -0.723. The molecule has 1 fully saturated rings. The lowest BCUT2D eigenvalue weighted by Gasteiger charge is -2.37. The van der Waals surface area contributed by atoms with Gasteiger partial charge in [0.25, 0.3) is 0 Å². The number of carbonyl (C=O) groups excluding carboxylic acids is 1. The molecule has 0 saturated carbocycles. The van der Waals surface area contributed by atoms with E-state index in [0.29, 0.717) is 31.7 Å². The van der Waals surface area contributed by atoms with Crippen LogP contribution in [0.15, 0.2) is 12.3 Å². The number of hydrogen-bond acceptors (Lipinski definition) is 6. The average Bonchev–Trinajstić information content (AvgIpc) is 2.47. The summed E-state index contributed by atoms with van der Waals surface area (Å²) in [5.41, 5.74) is -0.686. The fourth-order valence-electron chi connectivity index (χ4n) is 2.16. The third kappa shape index (κ3) is 2.71. The van der Waals surface area contributed by atoms with Crippen LogP contribution in [0.2, 0.25) is 0 Å². The Morgan fingerprint density at radius 1 is 1.40 bits per heavy atom. The zero-order valence-corrected chi connectivity index (χ0v) is 11.5. The van der Waals surface area contributed by atoms with Gasteiger partial charge in [0.05, 0.1) is 12.5 Å². The van der Waals surface area contributed by atoms with Crippen LogP contribution in [0.1, 0.15) is 30.4 Å². The highest BCUT2D eigenvalue weighted by atomic mass is 16.5. The molecule has 2 rings (SSSR count). The third-order valence-electron chi connectivity index (χ3n) is 3.72. The molecular formula is C13H17N3O4. The lowest BCUT2D eigenvalue weighted by atomic mass is 9.80. The number of hydrogen-bond donors (Lipinski definition) is 1. The molecule has 20 heavy (non-hydrogen) atoms. The van der Waals surface area contributed by atoms with Gasteiger partial charge < -0.3 is 14.7 Å². The molecule has 0 aromatic carbocycles. The van der Waals surface area contributed by atoms with Gasteiger partial charge >= 0.3 is 11.9 Å². The first-order chi connectivity index (χ1) is 9.46. The zero-order chi connectivity index (χ0) is 14.8. The summed E-state index contributed by atoms with van der Waals surface area (Å²) in [7, 11) is 1.28. The van der Waals surface area contributed by atoms with E-state index >= 15 is 0 Å². The third-order valence-corrected chi connectivity index (χ3v) is 3.72. The van der Waals surface area contributed by atoms with Gasteiger partial charge in [0, 0.05) is 19.3 Å². The van der Waals surface area contributed by atoms with Crippen molar-refractivity contribution in [3.8, 4) is 0 Å². The topological polar surface area (TPSA) is 92.6 Å². The zero-order valence-electron chi connectivity index (χ0n) is 11.5. The summed E-state index contributed by atoms with van der Waals surface area (Å²) in [6, 6.07) is 1.70. The van der Waals surface area contributed by atoms with Crippen LogP contribution in [0.4, 0.5) is 5.82 Å². The van der Waals surface area contributed by atoms with Gasteiger partial charge in [-0.3, -0.25) is 4.79 Å². The molecule has 1 aliphatic heterocycles. The van der Waals surface area contributed by atoms with Gasteiger partial charge in [-0.05, 0) is 25.8 Å². The van der Waals surface area contributed by atoms with Crippen LogP contribution in [0.3, 0.4) is 0 Å². The SMILES string of the molecule is COC(=O)c1nccc(N2CCC(C)(C(=O)O)CC2)n1. The molecule has 1 aromatic rings. The molecule has 2 heterocycles. The average molecular weight is 279 g/mol. The van der Waals surface area contributed by atoms with E-state index in [1.54, 1.807) is 13.0 Å². The Balaban J connectivity index is 2.11. The largest absolute Gasteiger partial charge is 0.481 e. The van der Waals surface area contributed by atoms with E-state index in [4.69, 9.17) is 0 Å². The Labute approximate surface area is 116 Å². The molecule has 0 unspecified atom stereocenters. The summed E-state index contributed by atoms with van der Waals surface area (Å²) in [5, 5.41) is 9.20. The normalized spacial score (nSPS) is 17.6. The van der Waals surface area contributed by atoms with Crippen LogP contribution in [-0.2, 0) is 9.53 Å². The first-order valence-electron chi connectivity index (χ1n) is 6.36. The maximum Gasteiger partial charge on any atom is 0.376 e. The molecule has 1 saturated heterocycles. The maximum atomic E-state index is 11.4. The monoisotopic (exact) mass is 279 g/mol. The second-order valence-electron chi connectivity index (χ2n) is 5.08. The van der Waals surface area contributed by atoms with Crippen molar-refractivity contribution in [1.29, 1.82) is 0 Å². The minimum absolute atomic E-state index is 0.0107. The number of methoxy groups -OCH3 is 1. The number of rotatable bonds is 3. The Bertz CT molecular complexity index is 524. The van der Waals surface area contributed by atoms with E-state index in [2.05, 4.69) is 14.7 Å². The van der Waals surface area contributed by atoms with Crippen molar-refractivity contribution in [3.05, 3.63) is 18.1 Å². The van der Waals surface area contributed by atoms with Crippen molar-refractivity contribution in [2.45, 2.75) is 19.8 Å². The Hall–Kier alpha value is -2.18. The number of esters is 1. The van der Waals surface area contributed by atoms with E-state index in [0.717, 1.165) is 0 Å².